The number of sulfonamides is 1. The summed E-state index contributed by atoms with van der Waals surface area (Å²) in [6.07, 6.45) is 0.328. The summed E-state index contributed by atoms with van der Waals surface area (Å²) in [7, 11) is -3.99. The number of benzene rings is 2. The molecule has 0 saturated carbocycles. The second-order valence-corrected chi connectivity index (χ2v) is 8.72. The zero-order valence-electron chi connectivity index (χ0n) is 17.5. The number of para-hydroxylation sites is 1. The lowest BCUT2D eigenvalue weighted by Gasteiger charge is -2.20. The van der Waals surface area contributed by atoms with Crippen molar-refractivity contribution in [2.75, 3.05) is 10.5 Å². The molecule has 0 radical (unpaired) electrons. The van der Waals surface area contributed by atoms with Crippen molar-refractivity contribution in [3.8, 4) is 11.5 Å². The summed E-state index contributed by atoms with van der Waals surface area (Å²) in [6, 6.07) is 11.6. The fourth-order valence-corrected chi connectivity index (χ4v) is 3.87. The van der Waals surface area contributed by atoms with E-state index in [0.717, 1.165) is 0 Å². The van der Waals surface area contributed by atoms with Gasteiger partial charge in [0.1, 0.15) is 17.3 Å². The predicted molar refractivity (Wildman–Crippen MR) is 114 cm³/mol. The highest BCUT2D eigenvalue weighted by Crippen LogP contribution is 2.28. The average molecular weight is 457 g/mol. The first kappa shape index (κ1) is 24.4. The first-order chi connectivity index (χ1) is 14.6. The van der Waals surface area contributed by atoms with Crippen LogP contribution in [0.15, 0.2) is 48.5 Å². The molecule has 1 atom stereocenters. The first-order valence-corrected chi connectivity index (χ1v) is 11.3. The smallest absolute Gasteiger partial charge is 0.387 e. The SMILES string of the molecule is CCC(NC(=O)CS(=O)(=O)Nc1ccc(OC(C)C)cc1)c1ccccc1OC(F)F. The summed E-state index contributed by atoms with van der Waals surface area (Å²) in [5, 5.41) is 2.57. The highest BCUT2D eigenvalue weighted by atomic mass is 32.2. The molecule has 2 N–H and O–H groups in total. The summed E-state index contributed by atoms with van der Waals surface area (Å²) in [5.41, 5.74) is 0.622. The minimum absolute atomic E-state index is 0.0195. The van der Waals surface area contributed by atoms with Gasteiger partial charge in [0, 0.05) is 11.3 Å². The third-order valence-corrected chi connectivity index (χ3v) is 5.26. The predicted octanol–water partition coefficient (Wildman–Crippen LogP) is 4.08. The number of alkyl halides is 2. The maximum atomic E-state index is 12.6. The highest BCUT2D eigenvalue weighted by molar-refractivity contribution is 7.93. The number of amides is 1. The second-order valence-electron chi connectivity index (χ2n) is 7.00. The minimum Gasteiger partial charge on any atom is -0.491 e. The molecular weight excluding hydrogens is 430 g/mol. The second kappa shape index (κ2) is 10.9. The van der Waals surface area contributed by atoms with E-state index in [1.165, 1.54) is 24.3 Å². The van der Waals surface area contributed by atoms with Gasteiger partial charge in [-0.2, -0.15) is 8.78 Å². The topological polar surface area (TPSA) is 93.7 Å². The van der Waals surface area contributed by atoms with Gasteiger partial charge in [0.15, 0.2) is 0 Å². The monoisotopic (exact) mass is 456 g/mol. The maximum absolute atomic E-state index is 12.6. The van der Waals surface area contributed by atoms with Crippen molar-refractivity contribution in [1.29, 1.82) is 0 Å². The molecule has 7 nitrogen and oxygen atoms in total. The lowest BCUT2D eigenvalue weighted by Crippen LogP contribution is -2.35. The Morgan fingerprint density at radius 3 is 2.26 bits per heavy atom. The van der Waals surface area contributed by atoms with Crippen LogP contribution in [0, 0.1) is 0 Å². The minimum atomic E-state index is -3.99. The van der Waals surface area contributed by atoms with Crippen molar-refractivity contribution in [1.82, 2.24) is 5.32 Å². The van der Waals surface area contributed by atoms with Gasteiger partial charge < -0.3 is 14.8 Å². The van der Waals surface area contributed by atoms with Gasteiger partial charge in [-0.15, -0.1) is 0 Å². The van der Waals surface area contributed by atoms with E-state index < -0.39 is 34.3 Å². The summed E-state index contributed by atoms with van der Waals surface area (Å²) in [4.78, 5) is 12.4. The molecule has 0 aliphatic rings. The molecule has 0 heterocycles. The number of ether oxygens (including phenoxy) is 2. The van der Waals surface area contributed by atoms with Gasteiger partial charge in [0.2, 0.25) is 15.9 Å². The quantitative estimate of drug-likeness (QED) is 0.531. The van der Waals surface area contributed by atoms with E-state index in [1.807, 2.05) is 13.8 Å². The molecule has 0 bridgehead atoms. The summed E-state index contributed by atoms with van der Waals surface area (Å²) in [5.74, 6) is -1.09. The molecule has 1 amide bonds. The first-order valence-electron chi connectivity index (χ1n) is 9.70. The van der Waals surface area contributed by atoms with E-state index >= 15 is 0 Å². The molecule has 0 aromatic heterocycles. The van der Waals surface area contributed by atoms with E-state index in [4.69, 9.17) is 4.74 Å². The van der Waals surface area contributed by atoms with Crippen molar-refractivity contribution >= 4 is 21.6 Å². The average Bonchev–Trinajstić information content (AvgIpc) is 2.67. The number of nitrogens with one attached hydrogen (secondary N) is 2. The number of hydrogen-bond donors (Lipinski definition) is 2. The Bertz CT molecular complexity index is 966. The summed E-state index contributed by atoms with van der Waals surface area (Å²) in [6.45, 7) is 2.46. The molecule has 0 aliphatic carbocycles. The molecule has 0 spiro atoms. The number of hydrogen-bond acceptors (Lipinski definition) is 5. The number of halogens is 2. The van der Waals surface area contributed by atoms with Gasteiger partial charge >= 0.3 is 6.61 Å². The van der Waals surface area contributed by atoms with Crippen molar-refractivity contribution in [3.63, 3.8) is 0 Å². The molecule has 2 aromatic carbocycles. The maximum Gasteiger partial charge on any atom is 0.387 e. The van der Waals surface area contributed by atoms with Crippen LogP contribution in [0.4, 0.5) is 14.5 Å². The molecule has 2 aromatic rings. The molecular formula is C21H26F2N2O5S. The zero-order valence-corrected chi connectivity index (χ0v) is 18.3. The lowest BCUT2D eigenvalue weighted by molar-refractivity contribution is -0.119. The molecule has 0 fully saturated rings. The van der Waals surface area contributed by atoms with E-state index in [9.17, 15) is 22.0 Å². The molecule has 2 rings (SSSR count). The number of carbonyl (C=O) groups excluding carboxylic acids is 1. The van der Waals surface area contributed by atoms with Crippen molar-refractivity contribution in [2.24, 2.45) is 0 Å². The summed E-state index contributed by atoms with van der Waals surface area (Å²) >= 11 is 0. The van der Waals surface area contributed by atoms with Crippen LogP contribution in [0.3, 0.4) is 0 Å². The molecule has 0 saturated heterocycles. The van der Waals surface area contributed by atoms with Crippen molar-refractivity contribution in [3.05, 3.63) is 54.1 Å². The van der Waals surface area contributed by atoms with E-state index in [1.54, 1.807) is 31.2 Å². The van der Waals surface area contributed by atoms with Crippen LogP contribution < -0.4 is 19.5 Å². The third kappa shape index (κ3) is 8.05. The number of rotatable bonds is 11. The van der Waals surface area contributed by atoms with Crippen LogP contribution in [0.25, 0.3) is 0 Å². The van der Waals surface area contributed by atoms with Crippen molar-refractivity contribution < 1.29 is 31.5 Å². The Kier molecular flexibility index (Phi) is 8.61. The van der Waals surface area contributed by atoms with Gasteiger partial charge in [-0.3, -0.25) is 9.52 Å². The third-order valence-electron chi connectivity index (χ3n) is 4.07. The van der Waals surface area contributed by atoms with Gasteiger partial charge in [0.05, 0.1) is 12.1 Å². The Morgan fingerprint density at radius 1 is 1.03 bits per heavy atom. The Balaban J connectivity index is 2.03. The molecule has 10 heteroatoms. The fourth-order valence-electron chi connectivity index (χ4n) is 2.87. The van der Waals surface area contributed by atoms with E-state index in [2.05, 4.69) is 14.8 Å². The molecule has 31 heavy (non-hydrogen) atoms. The fraction of sp³-hybridized carbons (Fsp3) is 0.381. The Morgan fingerprint density at radius 2 is 1.68 bits per heavy atom. The lowest BCUT2D eigenvalue weighted by atomic mass is 10.0. The van der Waals surface area contributed by atoms with E-state index in [-0.39, 0.29) is 17.5 Å². The standard InChI is InChI=1S/C21H26F2N2O5S/c1-4-18(17-7-5-6-8-19(17)30-21(22)23)24-20(26)13-31(27,28)25-15-9-11-16(12-10-15)29-14(2)3/h5-12,14,18,21,25H,4,13H2,1-3H3,(H,24,26). The van der Waals surface area contributed by atoms with Crippen LogP contribution in [0.1, 0.15) is 38.8 Å². The normalized spacial score (nSPS) is 12.5. The van der Waals surface area contributed by atoms with Crippen molar-refractivity contribution in [2.45, 2.75) is 45.9 Å². The molecule has 170 valence electrons. The van der Waals surface area contributed by atoms with Gasteiger partial charge in [-0.1, -0.05) is 25.1 Å². The molecule has 0 aliphatic heterocycles. The number of carbonyl (C=O) groups is 1. The van der Waals surface area contributed by atoms with Gasteiger partial charge in [-0.05, 0) is 50.6 Å². The van der Waals surface area contributed by atoms with E-state index in [0.29, 0.717) is 17.7 Å². The van der Waals surface area contributed by atoms with Crippen LogP contribution in [0.5, 0.6) is 11.5 Å². The van der Waals surface area contributed by atoms with Crippen LogP contribution in [0.2, 0.25) is 0 Å². The zero-order chi connectivity index (χ0) is 23.0. The van der Waals surface area contributed by atoms with Crippen LogP contribution >= 0.6 is 0 Å². The van der Waals surface area contributed by atoms with Crippen LogP contribution in [-0.2, 0) is 14.8 Å². The number of anilines is 1. The molecule has 1 unspecified atom stereocenters. The highest BCUT2D eigenvalue weighted by Gasteiger charge is 2.22. The van der Waals surface area contributed by atoms with Crippen LogP contribution in [-0.4, -0.2) is 32.8 Å². The summed E-state index contributed by atoms with van der Waals surface area (Å²) < 4.78 is 62.3. The largest absolute Gasteiger partial charge is 0.491 e. The Hall–Kier alpha value is -2.88. The Labute approximate surface area is 180 Å². The van der Waals surface area contributed by atoms with Gasteiger partial charge in [-0.25, -0.2) is 8.42 Å². The van der Waals surface area contributed by atoms with Gasteiger partial charge in [0.25, 0.3) is 0 Å².